The van der Waals surface area contributed by atoms with Crippen LogP contribution in [0, 0.1) is 20.8 Å². The summed E-state index contributed by atoms with van der Waals surface area (Å²) in [6.45, 7) is 5.98. The molecule has 4 aromatic rings. The van der Waals surface area contributed by atoms with Crippen LogP contribution in [0.2, 0.25) is 0 Å². The van der Waals surface area contributed by atoms with Crippen molar-refractivity contribution >= 4 is 56.0 Å². The Bertz CT molecular complexity index is 1340. The number of aromatic nitrogens is 1. The molecule has 0 spiro atoms. The fraction of sp³-hybridized carbons (Fsp3) is 0.160. The quantitative estimate of drug-likeness (QED) is 0.305. The third kappa shape index (κ3) is 4.91. The maximum absolute atomic E-state index is 12.7. The zero-order valence-corrected chi connectivity index (χ0v) is 21.0. The molecule has 0 aliphatic rings. The molecule has 8 heteroatoms. The smallest absolute Gasteiger partial charge is 0.261 e. The minimum absolute atomic E-state index is 0.181. The van der Waals surface area contributed by atoms with Gasteiger partial charge in [-0.05, 0) is 98.2 Å². The van der Waals surface area contributed by atoms with E-state index < -0.39 is 0 Å². The summed E-state index contributed by atoms with van der Waals surface area (Å²) >= 11 is 8.74. The Morgan fingerprint density at radius 2 is 1.73 bits per heavy atom. The van der Waals surface area contributed by atoms with Gasteiger partial charge < -0.3 is 14.5 Å². The lowest BCUT2D eigenvalue weighted by atomic mass is 10.1. The van der Waals surface area contributed by atoms with E-state index in [0.717, 1.165) is 38.0 Å². The third-order valence-electron chi connectivity index (χ3n) is 5.31. The summed E-state index contributed by atoms with van der Waals surface area (Å²) in [7, 11) is 1.53. The van der Waals surface area contributed by atoms with E-state index in [1.165, 1.54) is 12.7 Å². The number of benzene rings is 3. The highest BCUT2D eigenvalue weighted by Gasteiger charge is 2.17. The summed E-state index contributed by atoms with van der Waals surface area (Å²) in [4.78, 5) is 17.3. The van der Waals surface area contributed by atoms with E-state index in [1.807, 2.05) is 56.3 Å². The van der Waals surface area contributed by atoms with Gasteiger partial charge in [-0.25, -0.2) is 4.98 Å². The van der Waals surface area contributed by atoms with Crippen molar-refractivity contribution in [2.45, 2.75) is 20.8 Å². The SMILES string of the molecule is COc1c(C)cc(Br)cc1C(=O)NC(=S)Nc1ccc(-c2nc3cc(C)c(C)cc3o2)cc1. The molecule has 168 valence electrons. The summed E-state index contributed by atoms with van der Waals surface area (Å²) in [5.74, 6) is 0.698. The number of ether oxygens (including phenoxy) is 1. The van der Waals surface area contributed by atoms with Gasteiger partial charge in [0.1, 0.15) is 11.3 Å². The first kappa shape index (κ1) is 22.9. The minimum Gasteiger partial charge on any atom is -0.496 e. The summed E-state index contributed by atoms with van der Waals surface area (Å²) in [6, 6.07) is 15.1. The predicted molar refractivity (Wildman–Crippen MR) is 138 cm³/mol. The van der Waals surface area contributed by atoms with E-state index in [0.29, 0.717) is 17.2 Å². The topological polar surface area (TPSA) is 76.4 Å². The molecule has 0 radical (unpaired) electrons. The van der Waals surface area contributed by atoms with Crippen molar-refractivity contribution < 1.29 is 13.9 Å². The van der Waals surface area contributed by atoms with Crippen molar-refractivity contribution in [1.82, 2.24) is 10.3 Å². The van der Waals surface area contributed by atoms with Crippen molar-refractivity contribution in [2.75, 3.05) is 12.4 Å². The summed E-state index contributed by atoms with van der Waals surface area (Å²) in [5.41, 5.74) is 6.74. The second kappa shape index (κ2) is 9.33. The van der Waals surface area contributed by atoms with Crippen LogP contribution in [0.25, 0.3) is 22.6 Å². The average Bonchev–Trinajstić information content (AvgIpc) is 3.16. The number of carbonyl (C=O) groups is 1. The Morgan fingerprint density at radius 3 is 2.42 bits per heavy atom. The maximum Gasteiger partial charge on any atom is 0.261 e. The molecule has 3 aromatic carbocycles. The molecule has 0 atom stereocenters. The van der Waals surface area contributed by atoms with Gasteiger partial charge in [-0.1, -0.05) is 15.9 Å². The van der Waals surface area contributed by atoms with Crippen molar-refractivity contribution in [3.63, 3.8) is 0 Å². The monoisotopic (exact) mass is 523 g/mol. The number of methoxy groups -OCH3 is 1. The number of fused-ring (bicyclic) bond motifs is 1. The number of oxazole rings is 1. The van der Waals surface area contributed by atoms with E-state index in [1.54, 1.807) is 6.07 Å². The van der Waals surface area contributed by atoms with Gasteiger partial charge in [0, 0.05) is 15.7 Å². The molecule has 1 heterocycles. The average molecular weight is 524 g/mol. The first-order valence-corrected chi connectivity index (χ1v) is 11.4. The first-order chi connectivity index (χ1) is 15.7. The van der Waals surface area contributed by atoms with Crippen molar-refractivity contribution in [1.29, 1.82) is 0 Å². The summed E-state index contributed by atoms with van der Waals surface area (Å²) in [5, 5.41) is 5.90. The minimum atomic E-state index is -0.359. The van der Waals surface area contributed by atoms with Gasteiger partial charge in [0.2, 0.25) is 5.89 Å². The number of amides is 1. The summed E-state index contributed by atoms with van der Waals surface area (Å²) < 4.78 is 12.1. The Morgan fingerprint density at radius 1 is 1.03 bits per heavy atom. The lowest BCUT2D eigenvalue weighted by Crippen LogP contribution is -2.34. The Balaban J connectivity index is 1.46. The Labute approximate surface area is 205 Å². The third-order valence-corrected chi connectivity index (χ3v) is 5.97. The van der Waals surface area contributed by atoms with E-state index in [9.17, 15) is 4.79 Å². The number of nitrogens with one attached hydrogen (secondary N) is 2. The molecule has 1 aromatic heterocycles. The molecule has 6 nitrogen and oxygen atoms in total. The molecule has 0 unspecified atom stereocenters. The van der Waals surface area contributed by atoms with Crippen molar-refractivity contribution in [3.05, 3.63) is 75.3 Å². The number of aryl methyl sites for hydroxylation is 3. The van der Waals surface area contributed by atoms with Gasteiger partial charge in [-0.2, -0.15) is 0 Å². The molecule has 1 amide bonds. The second-order valence-corrected chi connectivity index (χ2v) is 9.04. The van der Waals surface area contributed by atoms with Crippen LogP contribution in [-0.4, -0.2) is 23.1 Å². The van der Waals surface area contributed by atoms with Crippen molar-refractivity contribution in [3.8, 4) is 17.2 Å². The van der Waals surface area contributed by atoms with Gasteiger partial charge in [0.25, 0.3) is 5.91 Å². The lowest BCUT2D eigenvalue weighted by molar-refractivity contribution is 0.0974. The molecule has 0 aliphatic heterocycles. The van der Waals surface area contributed by atoms with Gasteiger partial charge >= 0.3 is 0 Å². The number of halogens is 1. The van der Waals surface area contributed by atoms with Crippen LogP contribution in [0.15, 0.2) is 57.4 Å². The number of carbonyl (C=O) groups excluding carboxylic acids is 1. The van der Waals surface area contributed by atoms with E-state index in [4.69, 9.17) is 21.4 Å². The van der Waals surface area contributed by atoms with Crippen LogP contribution in [-0.2, 0) is 0 Å². The molecule has 33 heavy (non-hydrogen) atoms. The van der Waals surface area contributed by atoms with Crippen LogP contribution in [0.3, 0.4) is 0 Å². The highest BCUT2D eigenvalue weighted by molar-refractivity contribution is 9.10. The fourth-order valence-electron chi connectivity index (χ4n) is 3.50. The zero-order valence-electron chi connectivity index (χ0n) is 18.6. The molecule has 0 bridgehead atoms. The van der Waals surface area contributed by atoms with Gasteiger partial charge in [-0.15, -0.1) is 0 Å². The fourth-order valence-corrected chi connectivity index (χ4v) is 4.28. The van der Waals surface area contributed by atoms with Crippen LogP contribution >= 0.6 is 28.1 Å². The molecular formula is C25H22BrN3O3S. The molecule has 0 aliphatic carbocycles. The van der Waals surface area contributed by atoms with Gasteiger partial charge in [0.15, 0.2) is 10.7 Å². The Hall–Kier alpha value is -3.23. The molecule has 0 fully saturated rings. The number of nitrogens with zero attached hydrogens (tertiary/aromatic N) is 1. The number of thiocarbonyl (C=S) groups is 1. The zero-order chi connectivity index (χ0) is 23.7. The largest absolute Gasteiger partial charge is 0.496 e. The molecule has 0 saturated heterocycles. The molecule has 4 rings (SSSR count). The molecular weight excluding hydrogens is 502 g/mol. The highest BCUT2D eigenvalue weighted by Crippen LogP contribution is 2.29. The van der Waals surface area contributed by atoms with Gasteiger partial charge in [-0.3, -0.25) is 10.1 Å². The lowest BCUT2D eigenvalue weighted by Gasteiger charge is -2.14. The van der Waals surface area contributed by atoms with Gasteiger partial charge in [0.05, 0.1) is 12.7 Å². The van der Waals surface area contributed by atoms with E-state index in [2.05, 4.69) is 38.5 Å². The van der Waals surface area contributed by atoms with Crippen LogP contribution < -0.4 is 15.4 Å². The van der Waals surface area contributed by atoms with E-state index in [-0.39, 0.29) is 11.0 Å². The highest BCUT2D eigenvalue weighted by atomic mass is 79.9. The van der Waals surface area contributed by atoms with E-state index >= 15 is 0 Å². The van der Waals surface area contributed by atoms with Crippen LogP contribution in [0.4, 0.5) is 5.69 Å². The van der Waals surface area contributed by atoms with Crippen LogP contribution in [0.1, 0.15) is 27.0 Å². The Kier molecular flexibility index (Phi) is 6.49. The summed E-state index contributed by atoms with van der Waals surface area (Å²) in [6.07, 6.45) is 0. The predicted octanol–water partition coefficient (Wildman–Crippen LogP) is 6.32. The number of hydrogen-bond donors (Lipinski definition) is 2. The number of rotatable bonds is 4. The van der Waals surface area contributed by atoms with Crippen LogP contribution in [0.5, 0.6) is 5.75 Å². The number of anilines is 1. The maximum atomic E-state index is 12.7. The first-order valence-electron chi connectivity index (χ1n) is 10.2. The standard InChI is InChI=1S/C25H22BrN3O3S/c1-13-10-20-21(11-14(13)2)32-24(28-20)16-5-7-18(8-6-16)27-25(33)29-23(30)19-12-17(26)9-15(3)22(19)31-4/h5-12H,1-4H3,(H2,27,29,30,33). The van der Waals surface area contributed by atoms with Crippen molar-refractivity contribution in [2.24, 2.45) is 0 Å². The normalized spacial score (nSPS) is 10.8. The number of hydrogen-bond acceptors (Lipinski definition) is 5. The molecule has 0 saturated carbocycles. The second-order valence-electron chi connectivity index (χ2n) is 7.71. The molecule has 2 N–H and O–H groups in total.